The maximum Gasteiger partial charge on any atom is 0.152 e. The smallest absolute Gasteiger partial charge is 0.152 e. The van der Waals surface area contributed by atoms with Crippen LogP contribution in [0.25, 0.3) is 0 Å². The molecule has 0 unspecified atom stereocenters. The first-order valence-corrected chi connectivity index (χ1v) is 4.96. The highest BCUT2D eigenvalue weighted by Crippen LogP contribution is 2.34. The standard InChI is InChI=1S/C5H9O2P/c1-4-7-5-8(2,3)6/h1H,5H2,2-3H3. The van der Waals surface area contributed by atoms with Crippen molar-refractivity contribution >= 4 is 7.14 Å². The molecule has 0 aliphatic rings. The molecule has 0 heterocycles. The van der Waals surface area contributed by atoms with Crippen molar-refractivity contribution < 1.29 is 9.30 Å². The minimum Gasteiger partial charge on any atom is -0.439 e. The largest absolute Gasteiger partial charge is 0.439 e. The van der Waals surface area contributed by atoms with Crippen LogP contribution in [-0.2, 0) is 9.30 Å². The highest BCUT2D eigenvalue weighted by Gasteiger charge is 2.04. The Morgan fingerprint density at radius 1 is 1.75 bits per heavy atom. The van der Waals surface area contributed by atoms with Gasteiger partial charge in [-0.1, -0.05) is 6.42 Å². The molecule has 0 amide bonds. The van der Waals surface area contributed by atoms with Crippen LogP contribution in [0.4, 0.5) is 0 Å². The predicted molar refractivity (Wildman–Crippen MR) is 34.2 cm³/mol. The van der Waals surface area contributed by atoms with Crippen molar-refractivity contribution in [1.82, 2.24) is 0 Å². The summed E-state index contributed by atoms with van der Waals surface area (Å²) in [4.78, 5) is 0. The van der Waals surface area contributed by atoms with E-state index in [2.05, 4.69) is 4.74 Å². The predicted octanol–water partition coefficient (Wildman–Crippen LogP) is 1.17. The van der Waals surface area contributed by atoms with Gasteiger partial charge in [-0.3, -0.25) is 0 Å². The van der Waals surface area contributed by atoms with E-state index >= 15 is 0 Å². The molecule has 8 heavy (non-hydrogen) atoms. The third kappa shape index (κ3) is 5.59. The molecule has 0 saturated heterocycles. The average molecular weight is 132 g/mol. The molecule has 46 valence electrons. The Kier molecular flexibility index (Phi) is 2.65. The van der Waals surface area contributed by atoms with Crippen LogP contribution < -0.4 is 0 Å². The fraction of sp³-hybridized carbons (Fsp3) is 0.600. The maximum absolute atomic E-state index is 10.8. The summed E-state index contributed by atoms with van der Waals surface area (Å²) in [6.07, 6.45) is 6.88. The van der Waals surface area contributed by atoms with E-state index in [4.69, 9.17) is 6.42 Å². The number of rotatable bonds is 2. The van der Waals surface area contributed by atoms with Gasteiger partial charge in [-0.2, -0.15) is 0 Å². The molecule has 0 aliphatic heterocycles. The van der Waals surface area contributed by atoms with Crippen molar-refractivity contribution in [2.24, 2.45) is 0 Å². The van der Waals surface area contributed by atoms with E-state index in [1.54, 1.807) is 13.3 Å². The Morgan fingerprint density at radius 2 is 2.25 bits per heavy atom. The molecule has 2 nitrogen and oxygen atoms in total. The number of ether oxygens (including phenoxy) is 1. The van der Waals surface area contributed by atoms with Crippen molar-refractivity contribution in [3.05, 3.63) is 0 Å². The van der Waals surface area contributed by atoms with Crippen LogP contribution in [0.15, 0.2) is 0 Å². The van der Waals surface area contributed by atoms with Gasteiger partial charge < -0.3 is 9.30 Å². The Hall–Kier alpha value is -0.410. The van der Waals surface area contributed by atoms with Gasteiger partial charge in [-0.05, 0) is 13.3 Å². The Labute approximate surface area is 49.6 Å². The number of terminal acetylenes is 1. The molecule has 0 radical (unpaired) electrons. The summed E-state index contributed by atoms with van der Waals surface area (Å²) in [5, 5.41) is 0. The fourth-order valence-corrected chi connectivity index (χ4v) is 0.578. The molecular formula is C5H9O2P. The highest BCUT2D eigenvalue weighted by atomic mass is 31.2. The van der Waals surface area contributed by atoms with E-state index in [0.29, 0.717) is 0 Å². The van der Waals surface area contributed by atoms with Gasteiger partial charge in [-0.25, -0.2) is 0 Å². The van der Waals surface area contributed by atoms with Crippen molar-refractivity contribution in [3.63, 3.8) is 0 Å². The summed E-state index contributed by atoms with van der Waals surface area (Å²) in [7, 11) is -2.05. The van der Waals surface area contributed by atoms with Crippen LogP contribution >= 0.6 is 7.14 Å². The van der Waals surface area contributed by atoms with Crippen LogP contribution in [0.3, 0.4) is 0 Å². The molecule has 0 aromatic carbocycles. The molecule has 0 N–H and O–H groups in total. The number of hydrogen-bond acceptors (Lipinski definition) is 2. The van der Waals surface area contributed by atoms with E-state index in [0.717, 1.165) is 0 Å². The third-order valence-electron chi connectivity index (χ3n) is 0.459. The summed E-state index contributed by atoms with van der Waals surface area (Å²) in [6, 6.07) is 0. The molecular weight excluding hydrogens is 123 g/mol. The Bertz CT molecular complexity index is 139. The lowest BCUT2D eigenvalue weighted by Gasteiger charge is -2.01. The molecule has 0 aliphatic carbocycles. The van der Waals surface area contributed by atoms with Crippen LogP contribution in [-0.4, -0.2) is 19.7 Å². The molecule has 0 aromatic heterocycles. The second-order valence-electron chi connectivity index (χ2n) is 1.97. The Morgan fingerprint density at radius 3 is 2.38 bits per heavy atom. The summed E-state index contributed by atoms with van der Waals surface area (Å²) < 4.78 is 15.2. The van der Waals surface area contributed by atoms with Gasteiger partial charge in [0.05, 0.1) is 0 Å². The summed E-state index contributed by atoms with van der Waals surface area (Å²) in [5.41, 5.74) is 0. The lowest BCUT2D eigenvalue weighted by atomic mass is 11.3. The van der Waals surface area contributed by atoms with Gasteiger partial charge in [-0.15, -0.1) is 0 Å². The van der Waals surface area contributed by atoms with E-state index < -0.39 is 7.14 Å². The first-order chi connectivity index (χ1) is 3.56. The molecule has 0 spiro atoms. The minimum absolute atomic E-state index is 0.184. The van der Waals surface area contributed by atoms with Gasteiger partial charge in [0.1, 0.15) is 13.2 Å². The topological polar surface area (TPSA) is 26.3 Å². The molecule has 3 heteroatoms. The van der Waals surface area contributed by atoms with Gasteiger partial charge >= 0.3 is 0 Å². The zero-order valence-electron chi connectivity index (χ0n) is 5.05. The van der Waals surface area contributed by atoms with Crippen molar-refractivity contribution in [3.8, 4) is 12.5 Å². The summed E-state index contributed by atoms with van der Waals surface area (Å²) in [6.45, 7) is 3.26. The highest BCUT2D eigenvalue weighted by molar-refractivity contribution is 7.62. The van der Waals surface area contributed by atoms with Crippen molar-refractivity contribution in [1.29, 1.82) is 0 Å². The molecule has 0 aromatic rings. The van der Waals surface area contributed by atoms with Gasteiger partial charge in [0.25, 0.3) is 0 Å². The minimum atomic E-state index is -2.05. The summed E-state index contributed by atoms with van der Waals surface area (Å²) in [5.74, 6) is 0. The van der Waals surface area contributed by atoms with Gasteiger partial charge in [0.15, 0.2) is 6.35 Å². The molecule has 0 fully saturated rings. The van der Waals surface area contributed by atoms with Gasteiger partial charge in [0, 0.05) is 0 Å². The normalized spacial score (nSPS) is 10.1. The van der Waals surface area contributed by atoms with Crippen LogP contribution in [0.5, 0.6) is 0 Å². The molecule has 0 bridgehead atoms. The first-order valence-electron chi connectivity index (χ1n) is 2.17. The van der Waals surface area contributed by atoms with Crippen LogP contribution in [0.2, 0.25) is 0 Å². The van der Waals surface area contributed by atoms with Crippen molar-refractivity contribution in [2.75, 3.05) is 19.7 Å². The molecule has 0 atom stereocenters. The van der Waals surface area contributed by atoms with E-state index in [1.165, 1.54) is 0 Å². The van der Waals surface area contributed by atoms with E-state index in [9.17, 15) is 4.57 Å². The number of hydrogen-bond donors (Lipinski definition) is 0. The Balaban J connectivity index is 3.45. The zero-order chi connectivity index (χ0) is 6.62. The third-order valence-corrected chi connectivity index (χ3v) is 1.21. The van der Waals surface area contributed by atoms with Crippen LogP contribution in [0.1, 0.15) is 0 Å². The first kappa shape index (κ1) is 7.59. The van der Waals surface area contributed by atoms with Crippen LogP contribution in [0, 0.1) is 12.5 Å². The molecule has 0 rings (SSSR count). The maximum atomic E-state index is 10.8. The molecule has 0 saturated carbocycles. The summed E-state index contributed by atoms with van der Waals surface area (Å²) >= 11 is 0. The quantitative estimate of drug-likeness (QED) is 0.416. The average Bonchev–Trinajstić information content (AvgIpc) is 1.59. The van der Waals surface area contributed by atoms with Gasteiger partial charge in [0.2, 0.25) is 0 Å². The fourth-order valence-electron chi connectivity index (χ4n) is 0.193. The van der Waals surface area contributed by atoms with E-state index in [-0.39, 0.29) is 6.35 Å². The van der Waals surface area contributed by atoms with E-state index in [1.807, 2.05) is 6.11 Å². The zero-order valence-corrected chi connectivity index (χ0v) is 5.94. The lowest BCUT2D eigenvalue weighted by Crippen LogP contribution is -1.86. The second kappa shape index (κ2) is 2.79. The monoisotopic (exact) mass is 132 g/mol. The second-order valence-corrected chi connectivity index (χ2v) is 5.37. The SMILES string of the molecule is C#COCP(C)(C)=O. The van der Waals surface area contributed by atoms with Crippen molar-refractivity contribution in [2.45, 2.75) is 0 Å². The lowest BCUT2D eigenvalue weighted by molar-refractivity contribution is 0.338.